The molecule has 19 heavy (non-hydrogen) atoms. The van der Waals surface area contributed by atoms with E-state index in [1.165, 1.54) is 16.8 Å². The summed E-state index contributed by atoms with van der Waals surface area (Å²) in [4.78, 5) is 0. The molecule has 0 aliphatic heterocycles. The van der Waals surface area contributed by atoms with Gasteiger partial charge in [0.2, 0.25) is 0 Å². The summed E-state index contributed by atoms with van der Waals surface area (Å²) < 4.78 is 1.10. The van der Waals surface area contributed by atoms with E-state index in [1.54, 1.807) is 0 Å². The summed E-state index contributed by atoms with van der Waals surface area (Å²) in [5, 5.41) is 15.3. The molecule has 0 atom stereocenters. The maximum atomic E-state index is 8.67. The molecule has 1 aliphatic rings. The summed E-state index contributed by atoms with van der Waals surface area (Å²) in [6.07, 6.45) is 2.92. The van der Waals surface area contributed by atoms with Crippen LogP contribution in [0.1, 0.15) is 30.4 Å². The Bertz CT molecular complexity index is 486. The first-order valence-electron chi connectivity index (χ1n) is 6.43. The highest BCUT2D eigenvalue weighted by atomic mass is 79.9. The normalized spacial score (nSPS) is 17.3. The Labute approximate surface area is 122 Å². The molecule has 0 saturated heterocycles. The monoisotopic (exact) mass is 325 g/mol. The zero-order chi connectivity index (χ0) is 14.0. The van der Waals surface area contributed by atoms with Gasteiger partial charge in [-0.1, -0.05) is 21.1 Å². The number of halogens is 1. The molecule has 4 N–H and O–H groups in total. The van der Waals surface area contributed by atoms with E-state index in [-0.39, 0.29) is 5.41 Å². The molecule has 0 spiro atoms. The molecular formula is C14H20BrN3O. The Morgan fingerprint density at radius 1 is 1.42 bits per heavy atom. The highest BCUT2D eigenvalue weighted by Gasteiger charge is 2.43. The maximum Gasteiger partial charge on any atom is 0.139 e. The van der Waals surface area contributed by atoms with Crippen molar-refractivity contribution in [2.45, 2.75) is 33.1 Å². The van der Waals surface area contributed by atoms with Gasteiger partial charge in [-0.2, -0.15) is 0 Å². The van der Waals surface area contributed by atoms with Crippen molar-refractivity contribution in [3.8, 4) is 0 Å². The van der Waals surface area contributed by atoms with Gasteiger partial charge in [-0.3, -0.25) is 0 Å². The average Bonchev–Trinajstić information content (AvgIpc) is 3.07. The summed E-state index contributed by atoms with van der Waals surface area (Å²) in [6.45, 7) is 5.07. The van der Waals surface area contributed by atoms with Crippen LogP contribution in [0.2, 0.25) is 0 Å². The predicted molar refractivity (Wildman–Crippen MR) is 81.8 cm³/mol. The van der Waals surface area contributed by atoms with Crippen LogP contribution in [0.3, 0.4) is 0 Å². The third-order valence-corrected chi connectivity index (χ3v) is 4.24. The lowest BCUT2D eigenvalue weighted by molar-refractivity contribution is 0.315. The van der Waals surface area contributed by atoms with Gasteiger partial charge in [0.1, 0.15) is 5.84 Å². The van der Waals surface area contributed by atoms with Crippen LogP contribution in [0, 0.1) is 19.3 Å². The van der Waals surface area contributed by atoms with E-state index in [9.17, 15) is 0 Å². The molecule has 0 radical (unpaired) electrons. The summed E-state index contributed by atoms with van der Waals surface area (Å²) in [7, 11) is 0. The topological polar surface area (TPSA) is 70.6 Å². The first-order chi connectivity index (χ1) is 8.96. The number of hydrogen-bond donors (Lipinski definition) is 3. The summed E-state index contributed by atoms with van der Waals surface area (Å²) in [5.41, 5.74) is 9.43. The van der Waals surface area contributed by atoms with Crippen molar-refractivity contribution >= 4 is 27.5 Å². The van der Waals surface area contributed by atoms with Crippen molar-refractivity contribution < 1.29 is 5.21 Å². The second kappa shape index (κ2) is 5.41. The molecule has 104 valence electrons. The van der Waals surface area contributed by atoms with Crippen molar-refractivity contribution in [1.29, 1.82) is 0 Å². The van der Waals surface area contributed by atoms with Crippen LogP contribution >= 0.6 is 15.9 Å². The zero-order valence-corrected chi connectivity index (χ0v) is 12.9. The molecule has 1 saturated carbocycles. The standard InChI is InChI=1S/C14H20BrN3O/c1-9-5-11(15)6-10(2)13(9)17-8-14(3-4-14)7-12(16)18-19/h5-6,17,19H,3-4,7-8H2,1-2H3,(H2,16,18). The molecule has 0 unspecified atom stereocenters. The van der Waals surface area contributed by atoms with Gasteiger partial charge in [0.05, 0.1) is 0 Å². The molecular weight excluding hydrogens is 306 g/mol. The number of oxime groups is 1. The average molecular weight is 326 g/mol. The van der Waals surface area contributed by atoms with E-state index >= 15 is 0 Å². The zero-order valence-electron chi connectivity index (χ0n) is 11.3. The van der Waals surface area contributed by atoms with Crippen LogP contribution in [-0.2, 0) is 0 Å². The lowest BCUT2D eigenvalue weighted by Gasteiger charge is -2.19. The van der Waals surface area contributed by atoms with Gasteiger partial charge in [0.15, 0.2) is 0 Å². The Morgan fingerprint density at radius 2 is 2.00 bits per heavy atom. The summed E-state index contributed by atoms with van der Waals surface area (Å²) in [5.74, 6) is 0.323. The van der Waals surface area contributed by atoms with E-state index < -0.39 is 0 Å². The minimum absolute atomic E-state index is 0.169. The van der Waals surface area contributed by atoms with Crippen LogP contribution in [-0.4, -0.2) is 17.6 Å². The molecule has 1 aromatic carbocycles. The van der Waals surface area contributed by atoms with E-state index in [1.807, 2.05) is 0 Å². The number of aryl methyl sites for hydroxylation is 2. The third kappa shape index (κ3) is 3.41. The van der Waals surface area contributed by atoms with E-state index in [4.69, 9.17) is 10.9 Å². The predicted octanol–water partition coefficient (Wildman–Crippen LogP) is 3.39. The Hall–Kier alpha value is -1.23. The molecule has 0 aromatic heterocycles. The molecule has 0 heterocycles. The van der Waals surface area contributed by atoms with Crippen LogP contribution < -0.4 is 11.1 Å². The fraction of sp³-hybridized carbons (Fsp3) is 0.500. The fourth-order valence-corrected chi connectivity index (χ4v) is 3.16. The van der Waals surface area contributed by atoms with Crippen LogP contribution in [0.4, 0.5) is 5.69 Å². The third-order valence-electron chi connectivity index (χ3n) is 3.78. The minimum Gasteiger partial charge on any atom is -0.409 e. The SMILES string of the molecule is Cc1cc(Br)cc(C)c1NCC1(CC(N)=NO)CC1. The number of hydrogen-bond acceptors (Lipinski definition) is 3. The summed E-state index contributed by atoms with van der Waals surface area (Å²) >= 11 is 3.50. The lowest BCUT2D eigenvalue weighted by atomic mass is 10.0. The van der Waals surface area contributed by atoms with Crippen molar-refractivity contribution in [3.63, 3.8) is 0 Å². The van der Waals surface area contributed by atoms with Gasteiger partial charge in [-0.05, 0) is 55.4 Å². The van der Waals surface area contributed by atoms with Crippen LogP contribution in [0.5, 0.6) is 0 Å². The fourth-order valence-electron chi connectivity index (χ4n) is 2.48. The molecule has 0 amide bonds. The number of amidine groups is 1. The minimum atomic E-state index is 0.169. The Balaban J connectivity index is 2.04. The summed E-state index contributed by atoms with van der Waals surface area (Å²) in [6, 6.07) is 4.22. The van der Waals surface area contributed by atoms with E-state index in [0.717, 1.165) is 23.9 Å². The maximum absolute atomic E-state index is 8.67. The van der Waals surface area contributed by atoms with Gasteiger partial charge >= 0.3 is 0 Å². The number of nitrogens with one attached hydrogen (secondary N) is 1. The van der Waals surface area contributed by atoms with E-state index in [2.05, 4.69) is 52.4 Å². The second-order valence-electron chi connectivity index (χ2n) is 5.54. The van der Waals surface area contributed by atoms with Gasteiger partial charge in [0.25, 0.3) is 0 Å². The number of benzene rings is 1. The van der Waals surface area contributed by atoms with Gasteiger partial charge < -0.3 is 16.3 Å². The highest BCUT2D eigenvalue weighted by molar-refractivity contribution is 9.10. The second-order valence-corrected chi connectivity index (χ2v) is 6.45. The largest absolute Gasteiger partial charge is 0.409 e. The van der Waals surface area contributed by atoms with Crippen molar-refractivity contribution in [1.82, 2.24) is 0 Å². The Kier molecular flexibility index (Phi) is 4.04. The van der Waals surface area contributed by atoms with Crippen LogP contribution in [0.25, 0.3) is 0 Å². The first-order valence-corrected chi connectivity index (χ1v) is 7.22. The first kappa shape index (κ1) is 14.2. The quantitative estimate of drug-likeness (QED) is 0.336. The smallest absolute Gasteiger partial charge is 0.139 e. The molecule has 0 bridgehead atoms. The molecule has 1 aromatic rings. The number of rotatable bonds is 5. The van der Waals surface area contributed by atoms with Gasteiger partial charge in [0, 0.05) is 23.1 Å². The number of nitrogens with zero attached hydrogens (tertiary/aromatic N) is 1. The number of anilines is 1. The Morgan fingerprint density at radius 3 is 2.47 bits per heavy atom. The molecule has 1 aliphatic carbocycles. The lowest BCUT2D eigenvalue weighted by Crippen LogP contribution is -2.24. The van der Waals surface area contributed by atoms with Crippen molar-refractivity contribution in [2.75, 3.05) is 11.9 Å². The van der Waals surface area contributed by atoms with Gasteiger partial charge in [-0.15, -0.1) is 0 Å². The molecule has 2 rings (SSSR count). The van der Waals surface area contributed by atoms with E-state index in [0.29, 0.717) is 12.3 Å². The number of nitrogens with two attached hydrogens (primary N) is 1. The van der Waals surface area contributed by atoms with Crippen molar-refractivity contribution in [2.24, 2.45) is 16.3 Å². The molecule has 1 fully saturated rings. The molecule has 4 nitrogen and oxygen atoms in total. The van der Waals surface area contributed by atoms with Crippen LogP contribution in [0.15, 0.2) is 21.8 Å². The van der Waals surface area contributed by atoms with Gasteiger partial charge in [-0.25, -0.2) is 0 Å². The van der Waals surface area contributed by atoms with Crippen molar-refractivity contribution in [3.05, 3.63) is 27.7 Å². The molecule has 5 heteroatoms. The highest BCUT2D eigenvalue weighted by Crippen LogP contribution is 2.49.